The van der Waals surface area contributed by atoms with Crippen molar-refractivity contribution in [2.24, 2.45) is 0 Å². The first-order valence-electron chi connectivity index (χ1n) is 6.46. The van der Waals surface area contributed by atoms with Gasteiger partial charge in [0.15, 0.2) is 23.0 Å². The average Bonchev–Trinajstić information content (AvgIpc) is 3.13. The van der Waals surface area contributed by atoms with E-state index in [-0.39, 0.29) is 35.8 Å². The zero-order chi connectivity index (χ0) is 14.8. The summed E-state index contributed by atoms with van der Waals surface area (Å²) < 4.78 is 36.2. The lowest BCUT2D eigenvalue weighted by molar-refractivity contribution is 0.0941. The molecule has 0 radical (unpaired) electrons. The first-order valence-corrected chi connectivity index (χ1v) is 6.46. The topological polar surface area (TPSA) is 64.4 Å². The van der Waals surface area contributed by atoms with Crippen LogP contribution in [-0.4, -0.2) is 17.1 Å². The number of hydrogen-bond donors (Lipinski definition) is 1. The van der Waals surface area contributed by atoms with Crippen molar-refractivity contribution in [2.75, 3.05) is 0 Å². The molecule has 5 nitrogen and oxygen atoms in total. The normalized spacial score (nSPS) is 14.0. The lowest BCUT2D eigenvalue weighted by Crippen LogP contribution is -2.25. The summed E-state index contributed by atoms with van der Waals surface area (Å²) in [4.78, 5) is 11.7. The van der Waals surface area contributed by atoms with Crippen molar-refractivity contribution in [1.82, 2.24) is 10.5 Å². The lowest BCUT2D eigenvalue weighted by Gasteiger charge is -2.04. The van der Waals surface area contributed by atoms with Crippen LogP contribution < -0.4 is 10.1 Å². The van der Waals surface area contributed by atoms with Crippen LogP contribution >= 0.6 is 0 Å². The fourth-order valence-corrected chi connectivity index (χ4v) is 1.72. The Morgan fingerprint density at radius 1 is 1.38 bits per heavy atom. The van der Waals surface area contributed by atoms with Crippen molar-refractivity contribution < 1.29 is 22.8 Å². The molecule has 1 saturated carbocycles. The van der Waals surface area contributed by atoms with Crippen LogP contribution in [0.5, 0.6) is 5.75 Å². The Kier molecular flexibility index (Phi) is 3.55. The van der Waals surface area contributed by atoms with Gasteiger partial charge in [-0.15, -0.1) is 0 Å². The number of carbonyl (C=O) groups excluding carboxylic acids is 1. The van der Waals surface area contributed by atoms with Crippen molar-refractivity contribution in [3.05, 3.63) is 47.4 Å². The number of rotatable bonds is 5. The lowest BCUT2D eigenvalue weighted by atomic mass is 10.3. The smallest absolute Gasteiger partial charge is 0.273 e. The molecule has 1 aromatic carbocycles. The van der Waals surface area contributed by atoms with Crippen LogP contribution in [0.2, 0.25) is 0 Å². The van der Waals surface area contributed by atoms with Gasteiger partial charge in [0.1, 0.15) is 12.4 Å². The van der Waals surface area contributed by atoms with Crippen LogP contribution in [0.25, 0.3) is 0 Å². The van der Waals surface area contributed by atoms with Crippen molar-refractivity contribution in [3.8, 4) is 5.75 Å². The molecule has 7 heteroatoms. The van der Waals surface area contributed by atoms with E-state index < -0.39 is 11.6 Å². The molecular formula is C14H12F2N2O3. The van der Waals surface area contributed by atoms with Gasteiger partial charge in [0.05, 0.1) is 0 Å². The molecule has 1 heterocycles. The van der Waals surface area contributed by atoms with Gasteiger partial charge in [-0.3, -0.25) is 4.79 Å². The molecule has 110 valence electrons. The summed E-state index contributed by atoms with van der Waals surface area (Å²) >= 11 is 0. The van der Waals surface area contributed by atoms with Crippen molar-refractivity contribution in [1.29, 1.82) is 0 Å². The van der Waals surface area contributed by atoms with E-state index in [1.165, 1.54) is 12.1 Å². The number of nitrogens with one attached hydrogen (secondary N) is 1. The van der Waals surface area contributed by atoms with Crippen LogP contribution in [0.3, 0.4) is 0 Å². The fraction of sp³-hybridized carbons (Fsp3) is 0.286. The van der Waals surface area contributed by atoms with E-state index in [1.807, 2.05) is 0 Å². The first kappa shape index (κ1) is 13.5. The third kappa shape index (κ3) is 3.36. The van der Waals surface area contributed by atoms with Gasteiger partial charge < -0.3 is 14.6 Å². The van der Waals surface area contributed by atoms with E-state index in [9.17, 15) is 13.6 Å². The highest BCUT2D eigenvalue weighted by Crippen LogP contribution is 2.20. The zero-order valence-corrected chi connectivity index (χ0v) is 10.9. The summed E-state index contributed by atoms with van der Waals surface area (Å²) in [6.07, 6.45) is 1.95. The molecule has 0 bridgehead atoms. The van der Waals surface area contributed by atoms with E-state index in [1.54, 1.807) is 0 Å². The fourth-order valence-electron chi connectivity index (χ4n) is 1.72. The standard InChI is InChI=1S/C14H12F2N2O3/c15-8-1-4-13(11(16)5-8)20-7-10-6-12(18-21-10)14(19)17-9-2-3-9/h1,4-6,9H,2-3,7H2,(H,17,19). The van der Waals surface area contributed by atoms with Gasteiger partial charge in [-0.25, -0.2) is 8.78 Å². The Bertz CT molecular complexity index is 668. The van der Waals surface area contributed by atoms with Gasteiger partial charge in [-0.1, -0.05) is 5.16 Å². The minimum atomic E-state index is -0.804. The van der Waals surface area contributed by atoms with Gasteiger partial charge in [0.2, 0.25) is 0 Å². The molecular weight excluding hydrogens is 282 g/mol. The van der Waals surface area contributed by atoms with Crippen molar-refractivity contribution in [2.45, 2.75) is 25.5 Å². The van der Waals surface area contributed by atoms with E-state index in [2.05, 4.69) is 10.5 Å². The number of carbonyl (C=O) groups is 1. The van der Waals surface area contributed by atoms with Gasteiger partial charge in [0.25, 0.3) is 5.91 Å². The van der Waals surface area contributed by atoms with Crippen molar-refractivity contribution >= 4 is 5.91 Å². The Labute approximate surface area is 118 Å². The number of amides is 1. The van der Waals surface area contributed by atoms with Gasteiger partial charge in [-0.05, 0) is 25.0 Å². The summed E-state index contributed by atoms with van der Waals surface area (Å²) in [5, 5.41) is 6.39. The first-order chi connectivity index (χ1) is 10.1. The molecule has 1 amide bonds. The van der Waals surface area contributed by atoms with Gasteiger partial charge in [-0.2, -0.15) is 0 Å². The molecule has 2 aromatic rings. The predicted molar refractivity (Wildman–Crippen MR) is 67.7 cm³/mol. The molecule has 3 rings (SSSR count). The van der Waals surface area contributed by atoms with Crippen LogP contribution in [-0.2, 0) is 6.61 Å². The molecule has 0 spiro atoms. The van der Waals surface area contributed by atoms with Crippen LogP contribution in [0.1, 0.15) is 29.1 Å². The highest BCUT2D eigenvalue weighted by molar-refractivity contribution is 5.92. The summed E-state index contributed by atoms with van der Waals surface area (Å²) in [6.45, 7) is -0.105. The quantitative estimate of drug-likeness (QED) is 0.920. The molecule has 1 aliphatic carbocycles. The predicted octanol–water partition coefficient (Wildman–Crippen LogP) is 2.42. The summed E-state index contributed by atoms with van der Waals surface area (Å²) in [7, 11) is 0. The number of ether oxygens (including phenoxy) is 1. The minimum Gasteiger partial charge on any atom is -0.482 e. The third-order valence-corrected chi connectivity index (χ3v) is 2.97. The van der Waals surface area contributed by atoms with Crippen LogP contribution in [0.4, 0.5) is 8.78 Å². The highest BCUT2D eigenvalue weighted by Gasteiger charge is 2.25. The molecule has 0 saturated heterocycles. The molecule has 0 aliphatic heterocycles. The van der Waals surface area contributed by atoms with Crippen LogP contribution in [0, 0.1) is 11.6 Å². The SMILES string of the molecule is O=C(NC1CC1)c1cc(COc2ccc(F)cc2F)on1. The molecule has 1 aliphatic rings. The second kappa shape index (κ2) is 5.51. The number of hydrogen-bond acceptors (Lipinski definition) is 4. The number of benzene rings is 1. The molecule has 21 heavy (non-hydrogen) atoms. The molecule has 1 N–H and O–H groups in total. The Morgan fingerprint density at radius 2 is 2.19 bits per heavy atom. The van der Waals surface area contributed by atoms with E-state index >= 15 is 0 Å². The largest absolute Gasteiger partial charge is 0.482 e. The number of aromatic nitrogens is 1. The Hall–Kier alpha value is -2.44. The maximum atomic E-state index is 13.4. The maximum Gasteiger partial charge on any atom is 0.273 e. The van der Waals surface area contributed by atoms with E-state index in [0.29, 0.717) is 0 Å². The van der Waals surface area contributed by atoms with Gasteiger partial charge in [0, 0.05) is 18.2 Å². The second-order valence-electron chi connectivity index (χ2n) is 4.79. The molecule has 0 atom stereocenters. The third-order valence-electron chi connectivity index (χ3n) is 2.97. The Morgan fingerprint density at radius 3 is 2.90 bits per heavy atom. The second-order valence-corrected chi connectivity index (χ2v) is 4.79. The van der Waals surface area contributed by atoms with Crippen LogP contribution in [0.15, 0.2) is 28.8 Å². The van der Waals surface area contributed by atoms with Gasteiger partial charge >= 0.3 is 0 Å². The molecule has 0 unspecified atom stereocenters. The number of nitrogens with zero attached hydrogens (tertiary/aromatic N) is 1. The summed E-state index contributed by atoms with van der Waals surface area (Å²) in [6, 6.07) is 4.65. The Balaban J connectivity index is 1.60. The van der Waals surface area contributed by atoms with E-state index in [0.717, 1.165) is 25.0 Å². The van der Waals surface area contributed by atoms with Crippen molar-refractivity contribution in [3.63, 3.8) is 0 Å². The minimum absolute atomic E-state index is 0.100. The highest BCUT2D eigenvalue weighted by atomic mass is 19.1. The maximum absolute atomic E-state index is 13.4. The summed E-state index contributed by atoms with van der Waals surface area (Å²) in [5.74, 6) is -1.61. The zero-order valence-electron chi connectivity index (χ0n) is 10.9. The summed E-state index contributed by atoms with van der Waals surface area (Å²) in [5.41, 5.74) is 0.153. The number of halogens is 2. The molecule has 1 aromatic heterocycles. The monoisotopic (exact) mass is 294 g/mol. The molecule has 1 fully saturated rings. The van der Waals surface area contributed by atoms with E-state index in [4.69, 9.17) is 9.26 Å². The average molecular weight is 294 g/mol.